The van der Waals surface area contributed by atoms with E-state index in [1.807, 2.05) is 37.6 Å². The second kappa shape index (κ2) is 12.2. The smallest absolute Gasteiger partial charge is 0.425 e. The van der Waals surface area contributed by atoms with Crippen molar-refractivity contribution in [1.82, 2.24) is 30.4 Å². The molecule has 0 spiro atoms. The number of hydrogen-bond acceptors (Lipinski definition) is 6. The van der Waals surface area contributed by atoms with Crippen molar-refractivity contribution in [2.45, 2.75) is 70.8 Å². The first-order valence-electron chi connectivity index (χ1n) is 15.8. The number of rotatable bonds is 6. The van der Waals surface area contributed by atoms with Crippen LogP contribution in [0.1, 0.15) is 68.8 Å². The van der Waals surface area contributed by atoms with E-state index < -0.39 is 6.09 Å². The van der Waals surface area contributed by atoms with Crippen LogP contribution in [-0.4, -0.2) is 50.1 Å². The van der Waals surface area contributed by atoms with Crippen LogP contribution in [0.5, 0.6) is 0 Å². The Hall–Kier alpha value is -4.44. The molecule has 5 aromatic rings. The maximum absolute atomic E-state index is 13.7. The highest BCUT2D eigenvalue weighted by Gasteiger charge is 2.38. The molecule has 10 heteroatoms. The number of methoxy groups -OCH3 is 1. The van der Waals surface area contributed by atoms with Gasteiger partial charge < -0.3 is 14.7 Å². The molecule has 7 rings (SSSR count). The summed E-state index contributed by atoms with van der Waals surface area (Å²) < 4.78 is 4.76. The zero-order valence-electron chi connectivity index (χ0n) is 25.9. The monoisotopic (exact) mass is 622 g/mol. The average Bonchev–Trinajstić information content (AvgIpc) is 3.88. The van der Waals surface area contributed by atoms with Crippen LogP contribution >= 0.6 is 11.3 Å². The van der Waals surface area contributed by atoms with Gasteiger partial charge in [-0.05, 0) is 85.5 Å². The zero-order valence-corrected chi connectivity index (χ0v) is 26.7. The van der Waals surface area contributed by atoms with Gasteiger partial charge >= 0.3 is 6.09 Å². The number of hydrogen-bond donors (Lipinski definition) is 3. The molecular weight excluding hydrogens is 584 g/mol. The Morgan fingerprint density at radius 2 is 1.69 bits per heavy atom. The number of ether oxygens (including phenoxy) is 1. The number of amides is 2. The fourth-order valence-corrected chi connectivity index (χ4v) is 8.41. The summed E-state index contributed by atoms with van der Waals surface area (Å²) >= 11 is 1.87. The number of benzene rings is 2. The number of imidazole rings is 2. The molecule has 1 fully saturated rings. The van der Waals surface area contributed by atoms with Crippen molar-refractivity contribution >= 4 is 34.1 Å². The minimum atomic E-state index is -0.647. The van der Waals surface area contributed by atoms with E-state index in [1.165, 1.54) is 55.8 Å². The topological polar surface area (TPSA) is 116 Å². The van der Waals surface area contributed by atoms with E-state index in [4.69, 9.17) is 9.72 Å². The zero-order chi connectivity index (χ0) is 31.1. The van der Waals surface area contributed by atoms with Gasteiger partial charge in [-0.2, -0.15) is 0 Å². The first-order valence-corrected chi connectivity index (χ1v) is 16.6. The maximum Gasteiger partial charge on any atom is 0.425 e. The van der Waals surface area contributed by atoms with Gasteiger partial charge in [-0.1, -0.05) is 37.1 Å². The molecule has 2 atom stereocenters. The predicted molar refractivity (Wildman–Crippen MR) is 177 cm³/mol. The number of aromatic nitrogens is 4. The molecule has 2 aliphatic carbocycles. The van der Waals surface area contributed by atoms with Crippen LogP contribution in [0.25, 0.3) is 43.0 Å². The number of carbonyl (C=O) groups is 2. The predicted octanol–water partition coefficient (Wildman–Crippen LogP) is 7.62. The van der Waals surface area contributed by atoms with Crippen molar-refractivity contribution in [2.24, 2.45) is 5.92 Å². The third-order valence-corrected chi connectivity index (χ3v) is 10.7. The molecule has 1 saturated carbocycles. The molecule has 3 heterocycles. The first-order chi connectivity index (χ1) is 21.9. The Morgan fingerprint density at radius 3 is 2.42 bits per heavy atom. The summed E-state index contributed by atoms with van der Waals surface area (Å²) in [5, 5.41) is 3.77. The quantitative estimate of drug-likeness (QED) is 0.169. The van der Waals surface area contributed by atoms with Gasteiger partial charge in [-0.15, -0.1) is 11.3 Å². The van der Waals surface area contributed by atoms with Crippen LogP contribution in [0, 0.1) is 5.92 Å². The van der Waals surface area contributed by atoms with Crippen molar-refractivity contribution in [3.63, 3.8) is 0 Å². The van der Waals surface area contributed by atoms with E-state index in [0.717, 1.165) is 61.3 Å². The molecule has 2 aromatic carbocycles. The summed E-state index contributed by atoms with van der Waals surface area (Å²) in [6.07, 6.45) is 12.0. The Balaban J connectivity index is 1.14. The van der Waals surface area contributed by atoms with E-state index in [0.29, 0.717) is 0 Å². The molecular formula is C35H38N6O3S. The van der Waals surface area contributed by atoms with E-state index >= 15 is 0 Å². The van der Waals surface area contributed by atoms with Gasteiger partial charge in [0.1, 0.15) is 5.82 Å². The van der Waals surface area contributed by atoms with Crippen molar-refractivity contribution in [1.29, 1.82) is 0 Å². The number of hydrazine groups is 1. The van der Waals surface area contributed by atoms with Crippen LogP contribution < -0.4 is 5.43 Å². The van der Waals surface area contributed by atoms with Crippen LogP contribution in [0.2, 0.25) is 0 Å². The highest BCUT2D eigenvalue weighted by Crippen LogP contribution is 2.46. The second-order valence-electron chi connectivity index (χ2n) is 12.4. The molecule has 0 bridgehead atoms. The molecule has 2 aliphatic rings. The summed E-state index contributed by atoms with van der Waals surface area (Å²) in [5.41, 5.74) is 9.93. The van der Waals surface area contributed by atoms with Crippen LogP contribution in [0.4, 0.5) is 4.79 Å². The number of nitrogens with zero attached hydrogens (tertiary/aromatic N) is 3. The van der Waals surface area contributed by atoms with Gasteiger partial charge in [0, 0.05) is 28.3 Å². The van der Waals surface area contributed by atoms with Crippen LogP contribution in [0.15, 0.2) is 55.1 Å². The number of aromatic amines is 2. The lowest BCUT2D eigenvalue weighted by atomic mass is 9.78. The van der Waals surface area contributed by atoms with Gasteiger partial charge in [0.05, 0.1) is 42.1 Å². The average molecular weight is 623 g/mol. The SMILES string of the molecule is COC(=O)NN(C(=O)[C@H]1CCCC[C@H]1c1ncc(-c2ccc3cc(-c4sc(-c5cnc[nH]5)c5c4CCC5)ccc3c2)[nH]1)C(C)C. The van der Waals surface area contributed by atoms with Gasteiger partial charge in [0.2, 0.25) is 5.91 Å². The molecule has 232 valence electrons. The maximum atomic E-state index is 13.7. The number of nitrogens with one attached hydrogen (secondary N) is 3. The number of fused-ring (bicyclic) bond motifs is 2. The standard InChI is InChI=1S/C35H38N6O3S/c1-20(2)41(40-35(43)44-3)34(42)28-8-5-4-7-27(28)33-37-18-29(39-33)23-13-11-22-16-24(14-12-21(22)15-23)31-25-9-6-10-26(25)32(45-31)30-17-36-19-38-30/h11-20,27-28H,4-10H2,1-3H3,(H,36,38)(H,37,39)(H,40,43)/t27-,28+/m1/s1. The molecule has 2 amide bonds. The highest BCUT2D eigenvalue weighted by atomic mass is 32.1. The van der Waals surface area contributed by atoms with E-state index in [9.17, 15) is 9.59 Å². The third kappa shape index (κ3) is 5.52. The Morgan fingerprint density at radius 1 is 0.956 bits per heavy atom. The molecule has 45 heavy (non-hydrogen) atoms. The highest BCUT2D eigenvalue weighted by molar-refractivity contribution is 7.19. The van der Waals surface area contributed by atoms with Gasteiger partial charge in [0.15, 0.2) is 0 Å². The summed E-state index contributed by atoms with van der Waals surface area (Å²) in [5.74, 6) is 0.384. The Kier molecular flexibility index (Phi) is 7.91. The summed E-state index contributed by atoms with van der Waals surface area (Å²) in [6.45, 7) is 3.76. The van der Waals surface area contributed by atoms with Crippen molar-refractivity contribution in [3.8, 4) is 32.3 Å². The molecule has 0 aliphatic heterocycles. The lowest BCUT2D eigenvalue weighted by Crippen LogP contribution is -2.53. The fourth-order valence-electron chi connectivity index (χ4n) is 7.04. The minimum absolute atomic E-state index is 0.0529. The Labute approximate surface area is 266 Å². The second-order valence-corrected chi connectivity index (χ2v) is 13.4. The van der Waals surface area contributed by atoms with Gasteiger partial charge in [-0.3, -0.25) is 4.79 Å². The third-order valence-electron chi connectivity index (χ3n) is 9.31. The molecule has 3 aromatic heterocycles. The number of thiophene rings is 1. The summed E-state index contributed by atoms with van der Waals surface area (Å²) in [7, 11) is 1.30. The normalized spacial score (nSPS) is 17.9. The van der Waals surface area contributed by atoms with Gasteiger partial charge in [0.25, 0.3) is 0 Å². The van der Waals surface area contributed by atoms with Crippen molar-refractivity contribution < 1.29 is 14.3 Å². The lowest BCUT2D eigenvalue weighted by molar-refractivity contribution is -0.142. The van der Waals surface area contributed by atoms with Crippen LogP contribution in [0.3, 0.4) is 0 Å². The van der Waals surface area contributed by atoms with Crippen LogP contribution in [-0.2, 0) is 22.4 Å². The molecule has 0 radical (unpaired) electrons. The summed E-state index contributed by atoms with van der Waals surface area (Å²) in [4.78, 5) is 44.2. The minimum Gasteiger partial charge on any atom is -0.452 e. The number of H-pyrrole nitrogens is 2. The first kappa shape index (κ1) is 29.3. The molecule has 0 unspecified atom stereocenters. The fraction of sp³-hybridized carbons (Fsp3) is 0.371. The van der Waals surface area contributed by atoms with E-state index in [2.05, 4.69) is 56.8 Å². The van der Waals surface area contributed by atoms with Crippen molar-refractivity contribution in [2.75, 3.05) is 7.11 Å². The van der Waals surface area contributed by atoms with Crippen molar-refractivity contribution in [3.05, 3.63) is 72.1 Å². The lowest BCUT2D eigenvalue weighted by Gasteiger charge is -2.35. The van der Waals surface area contributed by atoms with Gasteiger partial charge in [-0.25, -0.2) is 25.2 Å². The van der Waals surface area contributed by atoms with E-state index in [1.54, 1.807) is 6.33 Å². The number of carbonyl (C=O) groups excluding carboxylic acids is 2. The van der Waals surface area contributed by atoms with E-state index in [-0.39, 0.29) is 23.8 Å². The molecule has 3 N–H and O–H groups in total. The molecule has 0 saturated heterocycles. The Bertz CT molecular complexity index is 1860. The summed E-state index contributed by atoms with van der Waals surface area (Å²) in [6, 6.07) is 13.1. The largest absolute Gasteiger partial charge is 0.452 e. The molecule has 9 nitrogen and oxygen atoms in total.